The molecule has 0 spiro atoms. The van der Waals surface area contributed by atoms with Gasteiger partial charge in [-0.3, -0.25) is 4.79 Å². The summed E-state index contributed by atoms with van der Waals surface area (Å²) in [4.78, 5) is 11.4. The molecule has 0 saturated carbocycles. The molecular weight excluding hydrogens is 208 g/mol. The van der Waals surface area contributed by atoms with E-state index in [4.69, 9.17) is 5.73 Å². The van der Waals surface area contributed by atoms with Crippen LogP contribution in [0.15, 0.2) is 18.2 Å². The molecule has 0 bridgehead atoms. The summed E-state index contributed by atoms with van der Waals surface area (Å²) in [6.07, 6.45) is -2.06. The van der Waals surface area contributed by atoms with Crippen LogP contribution in [0.3, 0.4) is 0 Å². The number of rotatable bonds is 3. The van der Waals surface area contributed by atoms with Crippen molar-refractivity contribution >= 4 is 5.91 Å². The Hall–Kier alpha value is -1.43. The third-order valence-corrected chi connectivity index (χ3v) is 2.77. The Morgan fingerprint density at radius 3 is 2.88 bits per heavy atom. The lowest BCUT2D eigenvalue weighted by Crippen LogP contribution is -2.27. The van der Waals surface area contributed by atoms with Crippen LogP contribution in [0.5, 0.6) is 0 Å². The Balaban J connectivity index is 2.31. The second-order valence-electron chi connectivity index (χ2n) is 3.85. The highest BCUT2D eigenvalue weighted by Gasteiger charge is 2.22. The molecule has 1 aliphatic heterocycles. The van der Waals surface area contributed by atoms with Crippen molar-refractivity contribution in [3.05, 3.63) is 34.9 Å². The molecule has 86 valence electrons. The van der Waals surface area contributed by atoms with Gasteiger partial charge >= 0.3 is 0 Å². The van der Waals surface area contributed by atoms with Crippen molar-refractivity contribution in [3.8, 4) is 0 Å². The zero-order valence-corrected chi connectivity index (χ0v) is 8.68. The van der Waals surface area contributed by atoms with E-state index in [2.05, 4.69) is 5.32 Å². The molecule has 1 aromatic rings. The summed E-state index contributed by atoms with van der Waals surface area (Å²) in [5, 5.41) is 21.9. The van der Waals surface area contributed by atoms with E-state index in [1.54, 1.807) is 18.2 Å². The Labute approximate surface area is 92.9 Å². The van der Waals surface area contributed by atoms with E-state index in [-0.39, 0.29) is 12.5 Å². The highest BCUT2D eigenvalue weighted by Crippen LogP contribution is 2.22. The molecule has 5 nitrogen and oxygen atoms in total. The molecule has 0 aliphatic carbocycles. The highest BCUT2D eigenvalue weighted by molar-refractivity contribution is 5.98. The van der Waals surface area contributed by atoms with Crippen molar-refractivity contribution in [1.29, 1.82) is 0 Å². The maximum absolute atomic E-state index is 11.4. The van der Waals surface area contributed by atoms with Crippen molar-refractivity contribution < 1.29 is 15.0 Å². The fraction of sp³-hybridized carbons (Fsp3) is 0.364. The quantitative estimate of drug-likeness (QED) is 0.543. The highest BCUT2D eigenvalue weighted by atomic mass is 16.3. The number of aliphatic hydroxyl groups excluding tert-OH is 2. The average molecular weight is 222 g/mol. The summed E-state index contributed by atoms with van der Waals surface area (Å²) in [7, 11) is 0. The lowest BCUT2D eigenvalue weighted by molar-refractivity contribution is 0.0243. The van der Waals surface area contributed by atoms with Crippen molar-refractivity contribution in [1.82, 2.24) is 5.32 Å². The molecule has 2 unspecified atom stereocenters. The number of benzene rings is 1. The number of nitrogens with one attached hydrogen (secondary N) is 1. The monoisotopic (exact) mass is 222 g/mol. The molecular formula is C11H14N2O3. The molecule has 0 saturated heterocycles. The van der Waals surface area contributed by atoms with Crippen molar-refractivity contribution in [2.45, 2.75) is 18.8 Å². The van der Waals surface area contributed by atoms with Gasteiger partial charge in [-0.15, -0.1) is 0 Å². The molecule has 0 radical (unpaired) electrons. The minimum Gasteiger partial charge on any atom is -0.389 e. The van der Waals surface area contributed by atoms with Crippen LogP contribution >= 0.6 is 0 Å². The minimum atomic E-state index is -1.05. The van der Waals surface area contributed by atoms with Gasteiger partial charge in [-0.05, 0) is 17.2 Å². The van der Waals surface area contributed by atoms with Gasteiger partial charge in [0.05, 0.1) is 6.10 Å². The number of hydrogen-bond donors (Lipinski definition) is 4. The topological polar surface area (TPSA) is 95.6 Å². The van der Waals surface area contributed by atoms with E-state index in [1.165, 1.54) is 0 Å². The lowest BCUT2D eigenvalue weighted by Gasteiger charge is -2.16. The standard InChI is InChI=1S/C11H14N2O3/c12-4-9(14)10(15)6-1-2-7-5-13-11(16)8(7)3-6/h1-3,9-10,14-15H,4-5,12H2,(H,13,16). The molecule has 1 amide bonds. The summed E-state index contributed by atoms with van der Waals surface area (Å²) in [5.41, 5.74) is 7.23. The van der Waals surface area contributed by atoms with Crippen LogP contribution in [0.2, 0.25) is 0 Å². The van der Waals surface area contributed by atoms with Crippen LogP contribution in [0.1, 0.15) is 27.6 Å². The van der Waals surface area contributed by atoms with Crippen LogP contribution in [-0.4, -0.2) is 28.8 Å². The molecule has 1 aromatic carbocycles. The predicted octanol–water partition coefficient (Wildman–Crippen LogP) is -0.717. The largest absolute Gasteiger partial charge is 0.389 e. The Morgan fingerprint density at radius 2 is 2.19 bits per heavy atom. The number of nitrogens with two attached hydrogens (primary N) is 1. The summed E-state index contributed by atoms with van der Waals surface area (Å²) in [6, 6.07) is 5.07. The van der Waals surface area contributed by atoms with Gasteiger partial charge in [-0.2, -0.15) is 0 Å². The summed E-state index contributed by atoms with van der Waals surface area (Å²) < 4.78 is 0. The van der Waals surface area contributed by atoms with Gasteiger partial charge < -0.3 is 21.3 Å². The van der Waals surface area contributed by atoms with Gasteiger partial charge in [0.25, 0.3) is 5.91 Å². The molecule has 5 heteroatoms. The van der Waals surface area contributed by atoms with Crippen LogP contribution < -0.4 is 11.1 Å². The maximum Gasteiger partial charge on any atom is 0.251 e. The summed E-state index contributed by atoms with van der Waals surface area (Å²) in [6.45, 7) is 0.494. The third-order valence-electron chi connectivity index (χ3n) is 2.77. The summed E-state index contributed by atoms with van der Waals surface area (Å²) >= 11 is 0. The summed E-state index contributed by atoms with van der Waals surface area (Å²) in [5.74, 6) is -0.147. The van der Waals surface area contributed by atoms with E-state index >= 15 is 0 Å². The molecule has 2 atom stereocenters. The Bertz CT molecular complexity index is 420. The first kappa shape index (κ1) is 11.1. The first-order valence-electron chi connectivity index (χ1n) is 5.10. The van der Waals surface area contributed by atoms with Crippen LogP contribution in [0, 0.1) is 0 Å². The number of hydrogen-bond acceptors (Lipinski definition) is 4. The van der Waals surface area contributed by atoms with Crippen LogP contribution in [0.25, 0.3) is 0 Å². The first-order chi connectivity index (χ1) is 7.63. The number of carbonyl (C=O) groups excluding carboxylic acids is 1. The van der Waals surface area contributed by atoms with Gasteiger partial charge in [0.15, 0.2) is 0 Å². The van der Waals surface area contributed by atoms with E-state index in [0.717, 1.165) is 5.56 Å². The Morgan fingerprint density at radius 1 is 1.44 bits per heavy atom. The molecule has 0 fully saturated rings. The minimum absolute atomic E-state index is 0.0234. The van der Waals surface area contributed by atoms with Crippen molar-refractivity contribution in [3.63, 3.8) is 0 Å². The van der Waals surface area contributed by atoms with E-state index in [9.17, 15) is 15.0 Å². The predicted molar refractivity (Wildman–Crippen MR) is 57.6 cm³/mol. The van der Waals surface area contributed by atoms with E-state index in [0.29, 0.717) is 17.7 Å². The van der Waals surface area contributed by atoms with Gasteiger partial charge in [-0.1, -0.05) is 12.1 Å². The number of carbonyl (C=O) groups is 1. The van der Waals surface area contributed by atoms with Crippen molar-refractivity contribution in [2.75, 3.05) is 6.54 Å². The molecule has 16 heavy (non-hydrogen) atoms. The fourth-order valence-electron chi connectivity index (χ4n) is 1.77. The smallest absolute Gasteiger partial charge is 0.251 e. The number of aliphatic hydroxyl groups is 2. The molecule has 5 N–H and O–H groups in total. The number of fused-ring (bicyclic) bond motifs is 1. The normalized spacial score (nSPS) is 17.8. The molecule has 1 heterocycles. The molecule has 2 rings (SSSR count). The fourth-order valence-corrected chi connectivity index (χ4v) is 1.77. The maximum atomic E-state index is 11.4. The van der Waals surface area contributed by atoms with Crippen LogP contribution in [-0.2, 0) is 6.54 Å². The van der Waals surface area contributed by atoms with Gasteiger partial charge in [0, 0.05) is 18.7 Å². The second-order valence-corrected chi connectivity index (χ2v) is 3.85. The molecule has 0 aromatic heterocycles. The zero-order valence-electron chi connectivity index (χ0n) is 8.68. The SMILES string of the molecule is NCC(O)C(O)c1ccc2c(c1)C(=O)NC2. The second kappa shape index (κ2) is 4.21. The molecule has 1 aliphatic rings. The average Bonchev–Trinajstić information content (AvgIpc) is 2.68. The lowest BCUT2D eigenvalue weighted by atomic mass is 9.99. The first-order valence-corrected chi connectivity index (χ1v) is 5.10. The van der Waals surface area contributed by atoms with E-state index < -0.39 is 12.2 Å². The third kappa shape index (κ3) is 1.80. The van der Waals surface area contributed by atoms with Gasteiger partial charge in [0.2, 0.25) is 0 Å². The Kier molecular flexibility index (Phi) is 2.91. The van der Waals surface area contributed by atoms with E-state index in [1.807, 2.05) is 0 Å². The van der Waals surface area contributed by atoms with Crippen LogP contribution in [0.4, 0.5) is 0 Å². The number of amides is 1. The van der Waals surface area contributed by atoms with Gasteiger partial charge in [-0.25, -0.2) is 0 Å². The van der Waals surface area contributed by atoms with Crippen molar-refractivity contribution in [2.24, 2.45) is 5.73 Å². The zero-order chi connectivity index (χ0) is 11.7. The van der Waals surface area contributed by atoms with Gasteiger partial charge in [0.1, 0.15) is 6.10 Å².